The van der Waals surface area contributed by atoms with Gasteiger partial charge in [0, 0.05) is 18.2 Å². The Hall–Kier alpha value is -3.29. The first kappa shape index (κ1) is 20.0. The molecular weight excluding hydrogens is 393 g/mol. The molecule has 0 radical (unpaired) electrons. The molecule has 0 fully saturated rings. The number of carbonyl (C=O) groups excluding carboxylic acids is 1. The number of anilines is 2. The van der Waals surface area contributed by atoms with Crippen molar-refractivity contribution in [2.75, 3.05) is 10.6 Å². The monoisotopic (exact) mass is 414 g/mol. The molecule has 0 saturated heterocycles. The Kier molecular flexibility index (Phi) is 5.24. The van der Waals surface area contributed by atoms with Crippen LogP contribution < -0.4 is 10.6 Å². The van der Waals surface area contributed by atoms with Crippen LogP contribution in [-0.2, 0) is 6.42 Å². The van der Waals surface area contributed by atoms with Gasteiger partial charge in [-0.3, -0.25) is 4.79 Å². The third-order valence-corrected chi connectivity index (χ3v) is 5.24. The Morgan fingerprint density at radius 3 is 2.50 bits per heavy atom. The highest BCUT2D eigenvalue weighted by atomic mass is 19.4. The van der Waals surface area contributed by atoms with Gasteiger partial charge >= 0.3 is 6.18 Å². The predicted octanol–water partition coefficient (Wildman–Crippen LogP) is 5.36. The fourth-order valence-electron chi connectivity index (χ4n) is 3.61. The maximum absolute atomic E-state index is 13.7. The summed E-state index contributed by atoms with van der Waals surface area (Å²) in [5.41, 5.74) is 2.36. The smallest absolute Gasteiger partial charge is 0.363 e. The summed E-state index contributed by atoms with van der Waals surface area (Å²) < 4.78 is 42.1. The number of alkyl halides is 3. The summed E-state index contributed by atoms with van der Waals surface area (Å²) in [5.74, 6) is -0.385. The molecule has 1 amide bonds. The zero-order valence-electron chi connectivity index (χ0n) is 16.3. The lowest BCUT2D eigenvalue weighted by molar-refractivity contribution is -0.173. The molecule has 156 valence electrons. The van der Waals surface area contributed by atoms with Crippen LogP contribution in [0.15, 0.2) is 60.7 Å². The minimum Gasteiger partial charge on any atom is -0.363 e. The molecule has 2 heterocycles. The molecule has 2 unspecified atom stereocenters. The highest BCUT2D eigenvalue weighted by Crippen LogP contribution is 2.43. The summed E-state index contributed by atoms with van der Waals surface area (Å²) in [7, 11) is 0. The van der Waals surface area contributed by atoms with Crippen molar-refractivity contribution in [3.63, 3.8) is 0 Å². The van der Waals surface area contributed by atoms with Gasteiger partial charge in [-0.25, -0.2) is 4.68 Å². The number of hydrogen-bond donors (Lipinski definition) is 2. The average Bonchev–Trinajstić information content (AvgIpc) is 3.18. The quantitative estimate of drug-likeness (QED) is 0.604. The van der Waals surface area contributed by atoms with E-state index >= 15 is 0 Å². The third-order valence-electron chi connectivity index (χ3n) is 5.24. The van der Waals surface area contributed by atoms with Crippen LogP contribution in [0.25, 0.3) is 0 Å². The second-order valence-corrected chi connectivity index (χ2v) is 7.26. The molecule has 0 spiro atoms. The van der Waals surface area contributed by atoms with Gasteiger partial charge in [-0.05, 0) is 29.7 Å². The number of aromatic nitrogens is 2. The van der Waals surface area contributed by atoms with E-state index < -0.39 is 24.2 Å². The predicted molar refractivity (Wildman–Crippen MR) is 109 cm³/mol. The van der Waals surface area contributed by atoms with Crippen molar-refractivity contribution in [3.8, 4) is 0 Å². The topological polar surface area (TPSA) is 59.0 Å². The van der Waals surface area contributed by atoms with E-state index in [1.807, 2.05) is 25.1 Å². The van der Waals surface area contributed by atoms with Gasteiger partial charge in [0.25, 0.3) is 5.91 Å². The van der Waals surface area contributed by atoms with Gasteiger partial charge in [0.2, 0.25) is 0 Å². The lowest BCUT2D eigenvalue weighted by atomic mass is 9.97. The molecule has 1 aliphatic rings. The van der Waals surface area contributed by atoms with E-state index in [-0.39, 0.29) is 17.9 Å². The number of carbonyl (C=O) groups is 1. The summed E-state index contributed by atoms with van der Waals surface area (Å²) >= 11 is 0. The van der Waals surface area contributed by atoms with Gasteiger partial charge in [0.1, 0.15) is 5.82 Å². The maximum atomic E-state index is 13.7. The van der Waals surface area contributed by atoms with Crippen molar-refractivity contribution in [1.29, 1.82) is 0 Å². The summed E-state index contributed by atoms with van der Waals surface area (Å²) in [5, 5.41) is 9.76. The van der Waals surface area contributed by atoms with Gasteiger partial charge < -0.3 is 10.6 Å². The summed E-state index contributed by atoms with van der Waals surface area (Å²) in [6, 6.07) is 15.3. The number of aryl methyl sites for hydroxylation is 1. The van der Waals surface area contributed by atoms with Crippen LogP contribution in [0.1, 0.15) is 47.0 Å². The number of nitrogens with one attached hydrogen (secondary N) is 2. The lowest BCUT2D eigenvalue weighted by Gasteiger charge is -2.33. The van der Waals surface area contributed by atoms with Gasteiger partial charge in [0.15, 0.2) is 11.7 Å². The Morgan fingerprint density at radius 1 is 1.17 bits per heavy atom. The normalized spacial score (nSPS) is 18.4. The number of fused-ring (bicyclic) bond motifs is 1. The van der Waals surface area contributed by atoms with Crippen molar-refractivity contribution in [3.05, 3.63) is 77.5 Å². The molecule has 5 nitrogen and oxygen atoms in total. The number of halogens is 3. The molecule has 1 aromatic heterocycles. The van der Waals surface area contributed by atoms with Crippen molar-refractivity contribution in [2.45, 2.75) is 38.0 Å². The Labute approximate surface area is 171 Å². The first-order valence-corrected chi connectivity index (χ1v) is 9.73. The van der Waals surface area contributed by atoms with Gasteiger partial charge in [-0.15, -0.1) is 0 Å². The molecule has 2 atom stereocenters. The van der Waals surface area contributed by atoms with E-state index in [9.17, 15) is 18.0 Å². The summed E-state index contributed by atoms with van der Waals surface area (Å²) in [4.78, 5) is 12.6. The van der Waals surface area contributed by atoms with Crippen molar-refractivity contribution < 1.29 is 18.0 Å². The molecule has 3 aromatic rings. The zero-order valence-corrected chi connectivity index (χ0v) is 16.3. The van der Waals surface area contributed by atoms with Gasteiger partial charge in [0.05, 0.1) is 6.04 Å². The molecule has 1 aliphatic heterocycles. The highest BCUT2D eigenvalue weighted by molar-refractivity contribution is 6.03. The lowest BCUT2D eigenvalue weighted by Crippen LogP contribution is -2.35. The van der Waals surface area contributed by atoms with Crippen LogP contribution in [0.5, 0.6) is 0 Å². The maximum Gasteiger partial charge on any atom is 0.410 e. The second kappa shape index (κ2) is 7.85. The fourth-order valence-corrected chi connectivity index (χ4v) is 3.61. The van der Waals surface area contributed by atoms with Crippen LogP contribution in [0.4, 0.5) is 24.7 Å². The minimum atomic E-state index is -4.49. The molecule has 2 N–H and O–H groups in total. The Balaban J connectivity index is 1.61. The van der Waals surface area contributed by atoms with Crippen molar-refractivity contribution in [1.82, 2.24) is 9.78 Å². The van der Waals surface area contributed by atoms with Gasteiger partial charge in [-0.2, -0.15) is 18.3 Å². The number of amides is 1. The SMILES string of the molecule is CCc1ccc(NC(=O)c2cc3n(n2)C(C(F)(F)F)CC(c2ccccc2)N3)cc1. The van der Waals surface area contributed by atoms with Crippen LogP contribution >= 0.6 is 0 Å². The van der Waals surface area contributed by atoms with E-state index in [2.05, 4.69) is 15.7 Å². The molecule has 2 aromatic carbocycles. The molecular formula is C22H21F3N4O. The first-order chi connectivity index (χ1) is 14.3. The van der Waals surface area contributed by atoms with Crippen molar-refractivity contribution in [2.24, 2.45) is 0 Å². The van der Waals surface area contributed by atoms with E-state index in [1.165, 1.54) is 6.07 Å². The molecule has 0 aliphatic carbocycles. The van der Waals surface area contributed by atoms with E-state index in [4.69, 9.17) is 0 Å². The molecule has 4 rings (SSSR count). The van der Waals surface area contributed by atoms with E-state index in [1.54, 1.807) is 36.4 Å². The average molecular weight is 414 g/mol. The Bertz CT molecular complexity index is 1030. The summed E-state index contributed by atoms with van der Waals surface area (Å²) in [6.45, 7) is 2.02. The zero-order chi connectivity index (χ0) is 21.3. The standard InChI is InChI=1S/C22H21F3N4O/c1-2-14-8-10-16(11-9-14)26-21(30)18-13-20-27-17(15-6-4-3-5-7-15)12-19(22(23,24)25)29(20)28-18/h3-11,13,17,19,27H,2,12H2,1H3,(H,26,30). The minimum absolute atomic E-state index is 0.0694. The second-order valence-electron chi connectivity index (χ2n) is 7.26. The molecule has 30 heavy (non-hydrogen) atoms. The molecule has 0 bridgehead atoms. The summed E-state index contributed by atoms with van der Waals surface area (Å²) in [6.07, 6.45) is -3.82. The molecule has 0 saturated carbocycles. The number of benzene rings is 2. The highest BCUT2D eigenvalue weighted by Gasteiger charge is 2.46. The number of rotatable bonds is 4. The third kappa shape index (κ3) is 4.03. The first-order valence-electron chi connectivity index (χ1n) is 9.73. The number of hydrogen-bond acceptors (Lipinski definition) is 3. The van der Waals surface area contributed by atoms with Crippen LogP contribution in [0, 0.1) is 0 Å². The fraction of sp³-hybridized carbons (Fsp3) is 0.273. The Morgan fingerprint density at radius 2 is 1.87 bits per heavy atom. The largest absolute Gasteiger partial charge is 0.410 e. The van der Waals surface area contributed by atoms with E-state index in [0.29, 0.717) is 5.69 Å². The van der Waals surface area contributed by atoms with E-state index in [0.717, 1.165) is 22.2 Å². The molecule has 8 heteroatoms. The van der Waals surface area contributed by atoms with Crippen LogP contribution in [-0.4, -0.2) is 21.9 Å². The number of nitrogens with zero attached hydrogens (tertiary/aromatic N) is 2. The van der Waals surface area contributed by atoms with Gasteiger partial charge in [-0.1, -0.05) is 49.4 Å². The van der Waals surface area contributed by atoms with Crippen LogP contribution in [0.3, 0.4) is 0 Å². The van der Waals surface area contributed by atoms with Crippen molar-refractivity contribution >= 4 is 17.4 Å². The van der Waals surface area contributed by atoms with Crippen LogP contribution in [0.2, 0.25) is 0 Å².